The number of aliphatic hydroxyl groups is 2. The van der Waals surface area contributed by atoms with Crippen LogP contribution in [0, 0.1) is 41.6 Å². The van der Waals surface area contributed by atoms with Gasteiger partial charge in [0.25, 0.3) is 0 Å². The van der Waals surface area contributed by atoms with Gasteiger partial charge < -0.3 is 19.8 Å². The Kier molecular flexibility index (Phi) is 10.9. The fourth-order valence-corrected chi connectivity index (χ4v) is 8.44. The molecule has 1 radical (unpaired) electrons. The quantitative estimate of drug-likeness (QED) is 0.206. The van der Waals surface area contributed by atoms with Crippen molar-refractivity contribution in [3.8, 4) is 17.1 Å². The van der Waals surface area contributed by atoms with Gasteiger partial charge in [0.1, 0.15) is 0 Å². The smallest absolute Gasteiger partial charge is 0.0626 e. The van der Waals surface area contributed by atoms with E-state index in [1.54, 1.807) is 0 Å². The molecule has 0 saturated heterocycles. The van der Waals surface area contributed by atoms with Gasteiger partial charge in [-0.25, -0.2) is 0 Å². The number of aromatic nitrogens is 2. The summed E-state index contributed by atoms with van der Waals surface area (Å²) in [5, 5.41) is 23.0. The third kappa shape index (κ3) is 6.86. The van der Waals surface area contributed by atoms with Gasteiger partial charge in [0.05, 0.1) is 12.2 Å². The van der Waals surface area contributed by atoms with Crippen LogP contribution in [-0.2, 0) is 20.1 Å². The van der Waals surface area contributed by atoms with Crippen molar-refractivity contribution in [2.45, 2.75) is 83.8 Å². The second kappa shape index (κ2) is 14.7. The third-order valence-electron chi connectivity index (χ3n) is 10.6. The van der Waals surface area contributed by atoms with Crippen molar-refractivity contribution in [2.75, 3.05) is 0 Å². The Labute approximate surface area is 271 Å². The molecule has 2 aromatic heterocycles. The van der Waals surface area contributed by atoms with E-state index in [1.807, 2.05) is 48.7 Å². The fraction of sp³-hybridized carbons (Fsp3) is 0.500. The second-order valence-corrected chi connectivity index (χ2v) is 13.3. The van der Waals surface area contributed by atoms with Crippen LogP contribution in [0.5, 0.6) is 0 Å². The molecule has 7 rings (SSSR count). The predicted octanol–water partition coefficient (Wildman–Crippen LogP) is 8.49. The van der Waals surface area contributed by atoms with E-state index in [0.717, 1.165) is 40.3 Å². The van der Waals surface area contributed by atoms with E-state index in [-0.39, 0.29) is 38.2 Å². The van der Waals surface area contributed by atoms with Crippen LogP contribution in [0.25, 0.3) is 28.0 Å². The van der Waals surface area contributed by atoms with E-state index in [9.17, 15) is 10.2 Å². The molecular weight excluding hydrogens is 709 g/mol. The number of fused-ring (bicyclic) bond motifs is 2. The number of aliphatic hydroxyl groups excluding tert-OH is 2. The topological polar surface area (TPSA) is 58.3 Å². The Balaban J connectivity index is 0.000000167. The van der Waals surface area contributed by atoms with Crippen LogP contribution in [0.1, 0.15) is 71.6 Å². The molecule has 5 heteroatoms. The van der Waals surface area contributed by atoms with Crippen molar-refractivity contribution in [1.82, 2.24) is 9.55 Å². The number of pyridine rings is 1. The monoisotopic (exact) mass is 756 g/mol. The molecule has 0 aliphatic heterocycles. The molecule has 2 heterocycles. The van der Waals surface area contributed by atoms with Gasteiger partial charge in [-0.1, -0.05) is 94.8 Å². The standard InChI is InChI=1S/C19H13N2.C19H34O2.Ir/c1-2-9-16(10-3-1)21-18-12-5-4-8-15(18)14-19(21)17-11-6-7-13-20-17;1-12(2)15-10-6-9-14-11-16(13-7-4-3-5-8-13)19(21)17(14)18(15)20;/h1-13H;12-21H,3-11H2,1-2H3;/q-1;;/t;14?,15-,16-,17?,18?,19?;/m.1./s1. The zero-order valence-electron chi connectivity index (χ0n) is 25.6. The van der Waals surface area contributed by atoms with Gasteiger partial charge in [0.15, 0.2) is 0 Å². The normalized spacial score (nSPS) is 27.6. The minimum absolute atomic E-state index is 0. The average molecular weight is 756 g/mol. The Bertz CT molecular complexity index is 1420. The van der Waals surface area contributed by atoms with Crippen molar-refractivity contribution < 1.29 is 30.3 Å². The summed E-state index contributed by atoms with van der Waals surface area (Å²) >= 11 is 0. The molecule has 2 aromatic carbocycles. The summed E-state index contributed by atoms with van der Waals surface area (Å²) in [6.45, 7) is 4.46. The maximum atomic E-state index is 11.0. The zero-order chi connectivity index (χ0) is 29.1. The van der Waals surface area contributed by atoms with Crippen molar-refractivity contribution in [3.05, 3.63) is 85.1 Å². The molecule has 3 aliphatic carbocycles. The summed E-state index contributed by atoms with van der Waals surface area (Å²) in [5.41, 5.74) is 4.18. The Morgan fingerprint density at radius 3 is 2.19 bits per heavy atom. The first-order valence-corrected chi connectivity index (χ1v) is 16.4. The molecule has 3 saturated carbocycles. The van der Waals surface area contributed by atoms with Gasteiger partial charge in [0, 0.05) is 43.6 Å². The first kappa shape index (κ1) is 32.1. The van der Waals surface area contributed by atoms with Gasteiger partial charge in [-0.15, -0.1) is 23.6 Å². The molecule has 0 amide bonds. The molecule has 0 spiro atoms. The van der Waals surface area contributed by atoms with E-state index < -0.39 is 0 Å². The molecular formula is C38H47IrN2O2-. The van der Waals surface area contributed by atoms with Gasteiger partial charge >= 0.3 is 0 Å². The Morgan fingerprint density at radius 2 is 1.47 bits per heavy atom. The van der Waals surface area contributed by atoms with Gasteiger partial charge in [-0.2, -0.15) is 0 Å². The van der Waals surface area contributed by atoms with Gasteiger partial charge in [-0.3, -0.25) is 0 Å². The van der Waals surface area contributed by atoms with Crippen molar-refractivity contribution in [2.24, 2.45) is 35.5 Å². The van der Waals surface area contributed by atoms with Crippen LogP contribution in [0.4, 0.5) is 0 Å². The predicted molar refractivity (Wildman–Crippen MR) is 171 cm³/mol. The number of benzene rings is 2. The molecule has 0 bridgehead atoms. The molecule has 6 atom stereocenters. The fourth-order valence-electron chi connectivity index (χ4n) is 8.44. The zero-order valence-corrected chi connectivity index (χ0v) is 28.0. The van der Waals surface area contributed by atoms with E-state index in [1.165, 1.54) is 51.4 Å². The van der Waals surface area contributed by atoms with E-state index in [0.29, 0.717) is 23.7 Å². The number of hydrogen-bond acceptors (Lipinski definition) is 3. The van der Waals surface area contributed by atoms with Crippen molar-refractivity contribution in [3.63, 3.8) is 0 Å². The number of hydrogen-bond donors (Lipinski definition) is 2. The van der Waals surface area contributed by atoms with Crippen molar-refractivity contribution >= 4 is 10.9 Å². The number of rotatable bonds is 4. The maximum absolute atomic E-state index is 11.0. The molecule has 231 valence electrons. The van der Waals surface area contributed by atoms with Crippen LogP contribution < -0.4 is 0 Å². The van der Waals surface area contributed by atoms with Crippen LogP contribution >= 0.6 is 0 Å². The van der Waals surface area contributed by atoms with Crippen LogP contribution in [-0.4, -0.2) is 32.0 Å². The third-order valence-corrected chi connectivity index (χ3v) is 10.6. The summed E-state index contributed by atoms with van der Waals surface area (Å²) in [4.78, 5) is 4.48. The Hall–Kier alpha value is -2.30. The second-order valence-electron chi connectivity index (χ2n) is 13.3. The molecule has 4 unspecified atom stereocenters. The molecule has 4 nitrogen and oxygen atoms in total. The minimum atomic E-state index is -0.277. The number of para-hydroxylation sites is 2. The molecule has 3 fully saturated rings. The summed E-state index contributed by atoms with van der Waals surface area (Å²) in [7, 11) is 0. The summed E-state index contributed by atoms with van der Waals surface area (Å²) in [6.07, 6.45) is 12.8. The SMILES string of the molecule is CC(C)[C@H]1CCCC2C[C@H](C3CCCCC3)C(O)C2C1O.[Ir].[c-]1c(-c2ccccn2)n(-c2ccccc2)c2ccccc12. The molecule has 3 aliphatic rings. The molecule has 2 N–H and O–H groups in total. The Morgan fingerprint density at radius 1 is 0.767 bits per heavy atom. The van der Waals surface area contributed by atoms with Gasteiger partial charge in [0.2, 0.25) is 0 Å². The number of nitrogens with zero attached hydrogens (tertiary/aromatic N) is 2. The summed E-state index contributed by atoms with van der Waals surface area (Å²) < 4.78 is 2.21. The largest absolute Gasteiger partial charge is 0.392 e. The maximum Gasteiger partial charge on any atom is 0.0626 e. The van der Waals surface area contributed by atoms with Crippen LogP contribution in [0.2, 0.25) is 0 Å². The van der Waals surface area contributed by atoms with E-state index in [4.69, 9.17) is 0 Å². The molecule has 43 heavy (non-hydrogen) atoms. The average Bonchev–Trinajstić information content (AvgIpc) is 3.52. The first-order chi connectivity index (χ1) is 20.5. The molecule has 4 aromatic rings. The van der Waals surface area contributed by atoms with E-state index in [2.05, 4.69) is 59.8 Å². The summed E-state index contributed by atoms with van der Waals surface area (Å²) in [5.74, 6) is 2.85. The van der Waals surface area contributed by atoms with Gasteiger partial charge in [-0.05, 0) is 78.3 Å². The van der Waals surface area contributed by atoms with E-state index >= 15 is 0 Å². The van der Waals surface area contributed by atoms with Crippen LogP contribution in [0.3, 0.4) is 0 Å². The first-order valence-electron chi connectivity index (χ1n) is 16.4. The van der Waals surface area contributed by atoms with Crippen molar-refractivity contribution in [1.29, 1.82) is 0 Å². The summed E-state index contributed by atoms with van der Waals surface area (Å²) in [6, 6.07) is 28.1. The van der Waals surface area contributed by atoms with Crippen LogP contribution in [0.15, 0.2) is 79.0 Å². The minimum Gasteiger partial charge on any atom is -0.392 e.